The second kappa shape index (κ2) is 6.84. The van der Waals surface area contributed by atoms with Gasteiger partial charge in [-0.2, -0.15) is 0 Å². The molecular formula is C22H26N6O. The van der Waals surface area contributed by atoms with Crippen LogP contribution in [0.15, 0.2) is 49.3 Å². The lowest BCUT2D eigenvalue weighted by Gasteiger charge is -2.41. The first kappa shape index (κ1) is 18.1. The third-order valence-corrected chi connectivity index (χ3v) is 6.45. The Kier molecular flexibility index (Phi) is 4.28. The van der Waals surface area contributed by atoms with Gasteiger partial charge in [0.25, 0.3) is 0 Å². The molecule has 7 heteroatoms. The van der Waals surface area contributed by atoms with Crippen molar-refractivity contribution < 1.29 is 5.11 Å². The summed E-state index contributed by atoms with van der Waals surface area (Å²) in [6.45, 7) is 2.33. The maximum atomic E-state index is 10.5. The molecule has 0 saturated carbocycles. The number of hydrogen-bond acceptors (Lipinski definition) is 6. The van der Waals surface area contributed by atoms with E-state index >= 15 is 0 Å². The molecule has 0 amide bonds. The predicted octanol–water partition coefficient (Wildman–Crippen LogP) is 3.14. The van der Waals surface area contributed by atoms with Crippen molar-refractivity contribution in [3.63, 3.8) is 0 Å². The van der Waals surface area contributed by atoms with E-state index in [0.29, 0.717) is 23.3 Å². The molecule has 2 saturated heterocycles. The van der Waals surface area contributed by atoms with Gasteiger partial charge < -0.3 is 19.9 Å². The smallest absolute Gasteiger partial charge is 0.147 e. The Hall–Kier alpha value is -2.93. The highest BCUT2D eigenvalue weighted by Gasteiger charge is 2.43. The van der Waals surface area contributed by atoms with Crippen LogP contribution in [0.5, 0.6) is 5.75 Å². The van der Waals surface area contributed by atoms with Crippen molar-refractivity contribution >= 4 is 5.82 Å². The molecule has 7 nitrogen and oxygen atoms in total. The second-order valence-corrected chi connectivity index (χ2v) is 8.58. The number of aromatic nitrogens is 4. The van der Waals surface area contributed by atoms with Gasteiger partial charge in [0.2, 0.25) is 0 Å². The summed E-state index contributed by atoms with van der Waals surface area (Å²) in [5.74, 6) is 1.05. The minimum atomic E-state index is 0.175. The fourth-order valence-corrected chi connectivity index (χ4v) is 4.83. The minimum absolute atomic E-state index is 0.175. The Labute approximate surface area is 170 Å². The Balaban J connectivity index is 1.35. The zero-order valence-electron chi connectivity index (χ0n) is 16.8. The van der Waals surface area contributed by atoms with Crippen molar-refractivity contribution in [1.29, 1.82) is 0 Å². The van der Waals surface area contributed by atoms with E-state index in [-0.39, 0.29) is 11.3 Å². The number of hydrogen-bond donors (Lipinski definition) is 2. The number of fused-ring (bicyclic) bond motifs is 2. The van der Waals surface area contributed by atoms with Crippen LogP contribution in [-0.2, 0) is 0 Å². The highest BCUT2D eigenvalue weighted by Crippen LogP contribution is 2.38. The quantitative estimate of drug-likeness (QED) is 0.713. The van der Waals surface area contributed by atoms with E-state index in [2.05, 4.69) is 39.1 Å². The lowest BCUT2D eigenvalue weighted by molar-refractivity contribution is 0.266. The van der Waals surface area contributed by atoms with Crippen LogP contribution in [0.4, 0.5) is 5.82 Å². The summed E-state index contributed by atoms with van der Waals surface area (Å²) in [5, 5.41) is 14.3. The van der Waals surface area contributed by atoms with Crippen LogP contribution in [0, 0.1) is 0 Å². The van der Waals surface area contributed by atoms with Crippen molar-refractivity contribution in [2.45, 2.75) is 50.2 Å². The van der Waals surface area contributed by atoms with Gasteiger partial charge in [-0.25, -0.2) is 9.97 Å². The van der Waals surface area contributed by atoms with Gasteiger partial charge in [-0.15, -0.1) is 0 Å². The van der Waals surface area contributed by atoms with E-state index in [4.69, 9.17) is 0 Å². The van der Waals surface area contributed by atoms with Crippen LogP contribution in [0.25, 0.3) is 16.9 Å². The van der Waals surface area contributed by atoms with Crippen LogP contribution in [0.3, 0.4) is 0 Å². The average Bonchev–Trinajstić information content (AvgIpc) is 3.35. The minimum Gasteiger partial charge on any atom is -0.507 e. The van der Waals surface area contributed by atoms with Crippen molar-refractivity contribution in [3.05, 3.63) is 49.3 Å². The molecule has 2 fully saturated rings. The number of aromatic hydroxyl groups is 1. The van der Waals surface area contributed by atoms with E-state index in [1.807, 2.05) is 29.1 Å². The summed E-state index contributed by atoms with van der Waals surface area (Å²) in [6.07, 6.45) is 13.6. The molecule has 2 N–H and O–H groups in total. The first-order valence-corrected chi connectivity index (χ1v) is 10.2. The van der Waals surface area contributed by atoms with Gasteiger partial charge in [0.15, 0.2) is 0 Å². The summed E-state index contributed by atoms with van der Waals surface area (Å²) in [5.41, 5.74) is 2.43. The highest BCUT2D eigenvalue weighted by molar-refractivity contribution is 5.68. The van der Waals surface area contributed by atoms with Crippen molar-refractivity contribution in [2.24, 2.45) is 0 Å². The predicted molar refractivity (Wildman–Crippen MR) is 112 cm³/mol. The van der Waals surface area contributed by atoms with E-state index in [9.17, 15) is 5.11 Å². The van der Waals surface area contributed by atoms with Crippen LogP contribution in [-0.4, -0.2) is 49.3 Å². The van der Waals surface area contributed by atoms with Gasteiger partial charge in [-0.1, -0.05) is 0 Å². The molecule has 1 aromatic carbocycles. The van der Waals surface area contributed by atoms with Gasteiger partial charge in [0, 0.05) is 48.7 Å². The second-order valence-electron chi connectivity index (χ2n) is 8.58. The van der Waals surface area contributed by atoms with Crippen molar-refractivity contribution in [3.8, 4) is 22.7 Å². The van der Waals surface area contributed by atoms with Gasteiger partial charge >= 0.3 is 0 Å². The van der Waals surface area contributed by atoms with Crippen LogP contribution in [0.2, 0.25) is 0 Å². The van der Waals surface area contributed by atoms with E-state index in [1.165, 1.54) is 12.8 Å². The summed E-state index contributed by atoms with van der Waals surface area (Å²) in [7, 11) is 2.11. The summed E-state index contributed by atoms with van der Waals surface area (Å²) < 4.78 is 1.85. The number of benzene rings is 1. The highest BCUT2D eigenvalue weighted by atomic mass is 16.3. The summed E-state index contributed by atoms with van der Waals surface area (Å²) in [4.78, 5) is 15.5. The lowest BCUT2D eigenvalue weighted by atomic mass is 9.88. The average molecular weight is 390 g/mol. The fraction of sp³-hybridized carbons (Fsp3) is 0.409. The maximum Gasteiger partial charge on any atom is 0.147 e. The molecule has 0 spiro atoms. The molecule has 5 rings (SSSR count). The molecule has 4 heterocycles. The van der Waals surface area contributed by atoms with Gasteiger partial charge in [-0.3, -0.25) is 4.98 Å². The largest absolute Gasteiger partial charge is 0.507 e. The monoisotopic (exact) mass is 390 g/mol. The van der Waals surface area contributed by atoms with E-state index in [1.54, 1.807) is 24.8 Å². The zero-order valence-corrected chi connectivity index (χ0v) is 16.8. The van der Waals surface area contributed by atoms with Crippen LogP contribution >= 0.6 is 0 Å². The van der Waals surface area contributed by atoms with Crippen molar-refractivity contribution in [1.82, 2.24) is 24.8 Å². The third kappa shape index (κ3) is 3.35. The number of rotatable bonds is 4. The van der Waals surface area contributed by atoms with Crippen LogP contribution < -0.4 is 10.2 Å². The molecule has 0 unspecified atom stereocenters. The first-order valence-electron chi connectivity index (χ1n) is 10.2. The number of phenolic OH excluding ortho intramolecular Hbond substituents is 1. The molecule has 0 aliphatic carbocycles. The third-order valence-electron chi connectivity index (χ3n) is 6.45. The number of nitrogens with zero attached hydrogens (tertiary/aromatic N) is 5. The SMILES string of the molecule is CN(c1cnc(-c2ccc(-n3ccnc3)cc2O)cn1)[C@@H]1C[C@H]2CC[C@@](C)(C1)N2. The van der Waals surface area contributed by atoms with Crippen molar-refractivity contribution in [2.75, 3.05) is 11.9 Å². The summed E-state index contributed by atoms with van der Waals surface area (Å²) in [6, 6.07) is 6.59. The number of phenols is 1. The Bertz CT molecular complexity index is 1000. The maximum absolute atomic E-state index is 10.5. The fourth-order valence-electron chi connectivity index (χ4n) is 4.83. The molecule has 0 radical (unpaired) electrons. The molecular weight excluding hydrogens is 364 g/mol. The molecule has 2 bridgehead atoms. The van der Waals surface area contributed by atoms with E-state index < -0.39 is 0 Å². The topological polar surface area (TPSA) is 79.1 Å². The normalized spacial score (nSPS) is 25.9. The number of anilines is 1. The molecule has 29 heavy (non-hydrogen) atoms. The lowest BCUT2D eigenvalue weighted by Crippen LogP contribution is -2.53. The van der Waals surface area contributed by atoms with Gasteiger partial charge in [0.1, 0.15) is 11.6 Å². The molecule has 150 valence electrons. The Morgan fingerprint density at radius 2 is 2.17 bits per heavy atom. The standard InChI is InChI=1S/C22H26N6O/c1-22-6-5-15(26-22)9-17(11-22)27(2)21-13-24-19(12-25-21)18-4-3-16(10-20(18)29)28-8-7-23-14-28/h3-4,7-8,10,12-15,17,26,29H,5-6,9,11H2,1-2H3/t15-,17-,22+/m1/s1. The Morgan fingerprint density at radius 3 is 2.86 bits per heavy atom. The van der Waals surface area contributed by atoms with Gasteiger partial charge in [-0.05, 0) is 44.7 Å². The van der Waals surface area contributed by atoms with E-state index in [0.717, 1.165) is 24.3 Å². The number of piperidine rings is 1. The number of nitrogens with one attached hydrogen (secondary N) is 1. The molecule has 3 atom stereocenters. The molecule has 3 aromatic rings. The molecule has 2 aliphatic rings. The molecule has 2 aliphatic heterocycles. The Morgan fingerprint density at radius 1 is 1.28 bits per heavy atom. The first-order chi connectivity index (χ1) is 14.0. The number of imidazole rings is 1. The summed E-state index contributed by atoms with van der Waals surface area (Å²) >= 11 is 0. The molecule has 2 aromatic heterocycles. The van der Waals surface area contributed by atoms with Gasteiger partial charge in [0.05, 0.1) is 30.1 Å². The zero-order chi connectivity index (χ0) is 20.0. The van der Waals surface area contributed by atoms with Crippen LogP contribution in [0.1, 0.15) is 32.6 Å².